The molecule has 0 fully saturated rings. The second-order valence-electron chi connectivity index (χ2n) is 6.25. The number of unbranched alkanes of at least 4 members (excludes halogenated alkanes) is 2. The van der Waals surface area contributed by atoms with E-state index in [9.17, 15) is 9.18 Å². The van der Waals surface area contributed by atoms with Crippen LogP contribution in [0.15, 0.2) is 53.6 Å². The molecule has 0 atom stereocenters. The second kappa shape index (κ2) is 9.46. The zero-order chi connectivity index (χ0) is 19.1. The maximum atomic E-state index is 13.2. The van der Waals surface area contributed by atoms with Crippen molar-refractivity contribution in [2.24, 2.45) is 0 Å². The van der Waals surface area contributed by atoms with Crippen molar-refractivity contribution in [3.05, 3.63) is 54.3 Å². The van der Waals surface area contributed by atoms with Gasteiger partial charge in [0.25, 0.3) is 0 Å². The quantitative estimate of drug-likeness (QED) is 0.447. The Morgan fingerprint density at radius 1 is 1.04 bits per heavy atom. The molecule has 0 aliphatic carbocycles. The fourth-order valence-corrected chi connectivity index (χ4v) is 3.60. The molecule has 1 amide bonds. The van der Waals surface area contributed by atoms with Crippen molar-refractivity contribution in [3.8, 4) is 11.3 Å². The number of rotatable bonds is 8. The van der Waals surface area contributed by atoms with Crippen molar-refractivity contribution in [2.75, 3.05) is 12.3 Å². The van der Waals surface area contributed by atoms with Gasteiger partial charge >= 0.3 is 0 Å². The highest BCUT2D eigenvalue weighted by Crippen LogP contribution is 2.31. The maximum Gasteiger partial charge on any atom is 0.230 e. The van der Waals surface area contributed by atoms with Gasteiger partial charge in [-0.25, -0.2) is 4.39 Å². The first kappa shape index (κ1) is 19.3. The van der Waals surface area contributed by atoms with Gasteiger partial charge in [-0.2, -0.15) is 0 Å². The molecule has 2 aromatic carbocycles. The molecule has 0 saturated heterocycles. The van der Waals surface area contributed by atoms with Crippen LogP contribution < -0.4 is 5.32 Å². The average molecular weight is 383 g/mol. The number of carbonyl (C=O) groups excluding carboxylic acids is 1. The molecule has 6 heteroatoms. The SMILES string of the molecule is CCCCCNC(=O)CSc1nnc(-c2ccc(F)cc2)c2ccccc12. The molecule has 3 aromatic rings. The van der Waals surface area contributed by atoms with Crippen LogP contribution in [-0.4, -0.2) is 28.4 Å². The molecule has 0 radical (unpaired) electrons. The van der Waals surface area contributed by atoms with Crippen molar-refractivity contribution in [3.63, 3.8) is 0 Å². The van der Waals surface area contributed by atoms with E-state index < -0.39 is 0 Å². The van der Waals surface area contributed by atoms with Gasteiger partial charge < -0.3 is 5.32 Å². The Balaban J connectivity index is 1.77. The molecule has 1 N–H and O–H groups in total. The Morgan fingerprint density at radius 2 is 1.78 bits per heavy atom. The number of carbonyl (C=O) groups is 1. The highest BCUT2D eigenvalue weighted by molar-refractivity contribution is 8.00. The number of thioether (sulfide) groups is 1. The van der Waals surface area contributed by atoms with E-state index in [2.05, 4.69) is 22.4 Å². The molecule has 1 heterocycles. The highest BCUT2D eigenvalue weighted by Gasteiger charge is 2.12. The molecule has 27 heavy (non-hydrogen) atoms. The van der Waals surface area contributed by atoms with Gasteiger partial charge in [0, 0.05) is 22.9 Å². The summed E-state index contributed by atoms with van der Waals surface area (Å²) in [6, 6.07) is 14.0. The van der Waals surface area contributed by atoms with Crippen LogP contribution in [0.1, 0.15) is 26.2 Å². The molecule has 0 aliphatic rings. The summed E-state index contributed by atoms with van der Waals surface area (Å²) in [5.41, 5.74) is 1.52. The normalized spacial score (nSPS) is 10.9. The largest absolute Gasteiger partial charge is 0.355 e. The van der Waals surface area contributed by atoms with Gasteiger partial charge in [-0.15, -0.1) is 10.2 Å². The number of halogens is 1. The van der Waals surface area contributed by atoms with Crippen molar-refractivity contribution >= 4 is 28.4 Å². The summed E-state index contributed by atoms with van der Waals surface area (Å²) in [4.78, 5) is 12.0. The Bertz CT molecular complexity index is 915. The van der Waals surface area contributed by atoms with E-state index in [0.29, 0.717) is 18.0 Å². The predicted molar refractivity (Wildman–Crippen MR) is 108 cm³/mol. The molecule has 3 rings (SSSR count). The van der Waals surface area contributed by atoms with Gasteiger partial charge in [-0.1, -0.05) is 55.8 Å². The number of hydrogen-bond acceptors (Lipinski definition) is 4. The predicted octanol–water partition coefficient (Wildman–Crippen LogP) is 4.83. The third kappa shape index (κ3) is 5.04. The lowest BCUT2D eigenvalue weighted by Gasteiger charge is -2.09. The summed E-state index contributed by atoms with van der Waals surface area (Å²) in [7, 11) is 0. The van der Waals surface area contributed by atoms with Gasteiger partial charge in [-0.3, -0.25) is 4.79 Å². The topological polar surface area (TPSA) is 54.9 Å². The number of amides is 1. The van der Waals surface area contributed by atoms with Crippen LogP contribution in [0, 0.1) is 5.82 Å². The first-order valence-electron chi connectivity index (χ1n) is 9.10. The van der Waals surface area contributed by atoms with Crippen molar-refractivity contribution in [2.45, 2.75) is 31.2 Å². The van der Waals surface area contributed by atoms with Gasteiger partial charge in [0.15, 0.2) is 0 Å². The lowest BCUT2D eigenvalue weighted by Crippen LogP contribution is -2.26. The van der Waals surface area contributed by atoms with Gasteiger partial charge in [0.05, 0.1) is 5.75 Å². The Labute approximate surface area is 162 Å². The molecule has 0 unspecified atom stereocenters. The molecule has 140 valence electrons. The zero-order valence-corrected chi connectivity index (χ0v) is 16.1. The molecule has 0 bridgehead atoms. The molecule has 0 saturated carbocycles. The van der Waals surface area contributed by atoms with E-state index in [1.807, 2.05) is 24.3 Å². The number of fused-ring (bicyclic) bond motifs is 1. The zero-order valence-electron chi connectivity index (χ0n) is 15.2. The van der Waals surface area contributed by atoms with Crippen molar-refractivity contribution in [1.29, 1.82) is 0 Å². The van der Waals surface area contributed by atoms with E-state index in [1.54, 1.807) is 12.1 Å². The summed E-state index contributed by atoms with van der Waals surface area (Å²) >= 11 is 1.38. The smallest absolute Gasteiger partial charge is 0.230 e. The lowest BCUT2D eigenvalue weighted by atomic mass is 10.1. The summed E-state index contributed by atoms with van der Waals surface area (Å²) < 4.78 is 13.2. The Hall–Kier alpha value is -2.47. The number of hydrogen-bond donors (Lipinski definition) is 1. The Morgan fingerprint density at radius 3 is 2.52 bits per heavy atom. The van der Waals surface area contributed by atoms with Crippen LogP contribution in [0.25, 0.3) is 22.0 Å². The minimum atomic E-state index is -0.284. The van der Waals surface area contributed by atoms with Crippen LogP contribution in [0.5, 0.6) is 0 Å². The maximum absolute atomic E-state index is 13.2. The molecule has 4 nitrogen and oxygen atoms in total. The van der Waals surface area contributed by atoms with E-state index in [1.165, 1.54) is 23.9 Å². The third-order valence-corrected chi connectivity index (χ3v) is 5.20. The number of nitrogens with zero attached hydrogens (tertiary/aromatic N) is 2. The van der Waals surface area contributed by atoms with Crippen LogP contribution in [0.4, 0.5) is 4.39 Å². The molecular weight excluding hydrogens is 361 g/mol. The highest BCUT2D eigenvalue weighted by atomic mass is 32.2. The van der Waals surface area contributed by atoms with E-state index in [0.717, 1.165) is 40.6 Å². The monoisotopic (exact) mass is 383 g/mol. The molecule has 0 spiro atoms. The summed E-state index contributed by atoms with van der Waals surface area (Å²) in [6.45, 7) is 2.85. The third-order valence-electron chi connectivity index (χ3n) is 4.21. The fourth-order valence-electron chi connectivity index (χ4n) is 2.79. The minimum absolute atomic E-state index is 0.00425. The van der Waals surface area contributed by atoms with Gasteiger partial charge in [-0.05, 0) is 30.7 Å². The van der Waals surface area contributed by atoms with Crippen LogP contribution in [-0.2, 0) is 4.79 Å². The van der Waals surface area contributed by atoms with Crippen molar-refractivity contribution in [1.82, 2.24) is 15.5 Å². The average Bonchev–Trinajstić information content (AvgIpc) is 2.70. The summed E-state index contributed by atoms with van der Waals surface area (Å²) in [5, 5.41) is 14.2. The number of aromatic nitrogens is 2. The lowest BCUT2D eigenvalue weighted by molar-refractivity contribution is -0.118. The summed E-state index contributed by atoms with van der Waals surface area (Å²) in [5.74, 6) is 0.0264. The first-order valence-corrected chi connectivity index (χ1v) is 10.1. The molecule has 1 aromatic heterocycles. The van der Waals surface area contributed by atoms with Crippen LogP contribution >= 0.6 is 11.8 Å². The minimum Gasteiger partial charge on any atom is -0.355 e. The summed E-state index contributed by atoms with van der Waals surface area (Å²) in [6.07, 6.45) is 3.25. The van der Waals surface area contributed by atoms with E-state index >= 15 is 0 Å². The van der Waals surface area contributed by atoms with Gasteiger partial charge in [0.2, 0.25) is 5.91 Å². The second-order valence-corrected chi connectivity index (χ2v) is 7.22. The molecular formula is C21H22FN3OS. The number of benzene rings is 2. The fraction of sp³-hybridized carbons (Fsp3) is 0.286. The van der Waals surface area contributed by atoms with Crippen molar-refractivity contribution < 1.29 is 9.18 Å². The van der Waals surface area contributed by atoms with Crippen LogP contribution in [0.2, 0.25) is 0 Å². The standard InChI is InChI=1S/C21H22FN3OS/c1-2-3-6-13-23-19(26)14-27-21-18-8-5-4-7-17(18)20(24-25-21)15-9-11-16(22)12-10-15/h4-5,7-12H,2-3,6,13-14H2,1H3,(H,23,26). The molecule has 0 aliphatic heterocycles. The number of nitrogens with one attached hydrogen (secondary N) is 1. The first-order chi connectivity index (χ1) is 13.2. The van der Waals surface area contributed by atoms with E-state index in [-0.39, 0.29) is 11.7 Å². The van der Waals surface area contributed by atoms with Crippen LogP contribution in [0.3, 0.4) is 0 Å². The van der Waals surface area contributed by atoms with Gasteiger partial charge in [0.1, 0.15) is 16.5 Å². The van der Waals surface area contributed by atoms with E-state index in [4.69, 9.17) is 0 Å². The Kier molecular flexibility index (Phi) is 6.76.